The first-order chi connectivity index (χ1) is 12.8. The maximum atomic E-state index is 14.1. The summed E-state index contributed by atoms with van der Waals surface area (Å²) in [5.41, 5.74) is -0.0788. The van der Waals surface area contributed by atoms with E-state index in [-0.39, 0.29) is 22.3 Å². The molecule has 138 valence electrons. The molecule has 11 heteroatoms. The maximum absolute atomic E-state index is 14.1. The van der Waals surface area contributed by atoms with Crippen LogP contribution in [0.15, 0.2) is 47.2 Å². The molecule has 3 rings (SSSR count). The van der Waals surface area contributed by atoms with Gasteiger partial charge in [-0.1, -0.05) is 39.1 Å². The first kappa shape index (κ1) is 19.3. The molecule has 0 saturated heterocycles. The molecule has 1 aromatic heterocycles. The first-order valence-corrected chi connectivity index (χ1v) is 8.83. The van der Waals surface area contributed by atoms with Crippen molar-refractivity contribution in [2.75, 3.05) is 10.6 Å². The lowest BCUT2D eigenvalue weighted by Gasteiger charge is -2.11. The molecular formula is C16H9BrCl2FN5O2. The fourth-order valence-corrected chi connectivity index (χ4v) is 2.96. The first-order valence-electron chi connectivity index (χ1n) is 7.28. The fraction of sp³-hybridized carbons (Fsp3) is 0. The van der Waals surface area contributed by atoms with Gasteiger partial charge in [0, 0.05) is 9.50 Å². The predicted octanol–water partition coefficient (Wildman–Crippen LogP) is 6.08. The number of nitro groups is 1. The highest BCUT2D eigenvalue weighted by atomic mass is 79.9. The number of hydrogen-bond acceptors (Lipinski definition) is 6. The van der Waals surface area contributed by atoms with Crippen molar-refractivity contribution in [1.29, 1.82) is 0 Å². The van der Waals surface area contributed by atoms with Crippen molar-refractivity contribution in [2.24, 2.45) is 0 Å². The van der Waals surface area contributed by atoms with Gasteiger partial charge in [-0.25, -0.2) is 14.4 Å². The average Bonchev–Trinajstić information content (AvgIpc) is 2.60. The van der Waals surface area contributed by atoms with E-state index in [0.717, 1.165) is 6.33 Å². The summed E-state index contributed by atoms with van der Waals surface area (Å²) in [7, 11) is 0. The molecule has 0 saturated carbocycles. The summed E-state index contributed by atoms with van der Waals surface area (Å²) < 4.78 is 14.6. The number of hydrogen-bond donors (Lipinski definition) is 2. The number of nitrogens with zero attached hydrogens (tertiary/aromatic N) is 3. The van der Waals surface area contributed by atoms with Gasteiger partial charge >= 0.3 is 5.69 Å². The second kappa shape index (κ2) is 8.03. The number of halogens is 4. The van der Waals surface area contributed by atoms with Crippen molar-refractivity contribution in [2.45, 2.75) is 0 Å². The standard InChI is InChI=1S/C16H9BrCl2FN5O2/c17-8-1-3-13(11(20)5-8)24-16-14(25(26)27)15(21-7-22-16)23-12-4-2-9(18)6-10(12)19/h1-7H,(H2,21,22,23,24). The summed E-state index contributed by atoms with van der Waals surface area (Å²) >= 11 is 15.1. The van der Waals surface area contributed by atoms with Crippen LogP contribution in [0.2, 0.25) is 10.0 Å². The van der Waals surface area contributed by atoms with Gasteiger partial charge in [0.1, 0.15) is 12.1 Å². The molecule has 1 heterocycles. The Balaban J connectivity index is 2.01. The minimum absolute atomic E-state index is 0.0236. The zero-order valence-corrected chi connectivity index (χ0v) is 16.3. The Bertz CT molecular complexity index is 966. The normalized spacial score (nSPS) is 10.5. The van der Waals surface area contributed by atoms with Crippen molar-refractivity contribution < 1.29 is 9.31 Å². The van der Waals surface area contributed by atoms with Crippen molar-refractivity contribution in [3.05, 3.63) is 73.2 Å². The van der Waals surface area contributed by atoms with Crippen LogP contribution in [0.4, 0.5) is 33.1 Å². The van der Waals surface area contributed by atoms with E-state index in [1.54, 1.807) is 18.2 Å². The molecule has 0 aliphatic rings. The van der Waals surface area contributed by atoms with Crippen LogP contribution in [0.1, 0.15) is 0 Å². The summed E-state index contributed by atoms with van der Waals surface area (Å²) in [5, 5.41) is 17.6. The van der Waals surface area contributed by atoms with E-state index in [1.807, 2.05) is 0 Å². The Morgan fingerprint density at radius 2 is 1.67 bits per heavy atom. The second-order valence-electron chi connectivity index (χ2n) is 5.17. The summed E-state index contributed by atoms with van der Waals surface area (Å²) in [6.07, 6.45) is 1.11. The zero-order valence-electron chi connectivity index (χ0n) is 13.2. The van der Waals surface area contributed by atoms with Crippen LogP contribution in [0.5, 0.6) is 0 Å². The minimum Gasteiger partial charge on any atom is -0.333 e. The van der Waals surface area contributed by atoms with Crippen LogP contribution in [0.3, 0.4) is 0 Å². The number of nitrogens with one attached hydrogen (secondary N) is 2. The van der Waals surface area contributed by atoms with Gasteiger partial charge < -0.3 is 10.6 Å². The molecule has 0 fully saturated rings. The molecule has 0 bridgehead atoms. The quantitative estimate of drug-likeness (QED) is 0.345. The van der Waals surface area contributed by atoms with E-state index < -0.39 is 16.4 Å². The van der Waals surface area contributed by atoms with Crippen LogP contribution in [0.25, 0.3) is 0 Å². The molecule has 0 spiro atoms. The minimum atomic E-state index is -0.675. The summed E-state index contributed by atoms with van der Waals surface area (Å²) in [6.45, 7) is 0. The van der Waals surface area contributed by atoms with E-state index in [2.05, 4.69) is 36.5 Å². The molecule has 27 heavy (non-hydrogen) atoms. The highest BCUT2D eigenvalue weighted by Gasteiger charge is 2.24. The van der Waals surface area contributed by atoms with Crippen molar-refractivity contribution in [3.63, 3.8) is 0 Å². The lowest BCUT2D eigenvalue weighted by molar-refractivity contribution is -0.383. The summed E-state index contributed by atoms with van der Waals surface area (Å²) in [4.78, 5) is 18.7. The smallest absolute Gasteiger partial charge is 0.333 e. The highest BCUT2D eigenvalue weighted by molar-refractivity contribution is 9.10. The van der Waals surface area contributed by atoms with Gasteiger partial charge in [0.05, 0.1) is 21.3 Å². The second-order valence-corrected chi connectivity index (χ2v) is 6.93. The van der Waals surface area contributed by atoms with E-state index in [1.165, 1.54) is 18.2 Å². The summed E-state index contributed by atoms with van der Waals surface area (Å²) in [6, 6.07) is 8.84. The third-order valence-electron chi connectivity index (χ3n) is 3.37. The fourth-order valence-electron chi connectivity index (χ4n) is 2.17. The van der Waals surface area contributed by atoms with E-state index in [0.29, 0.717) is 15.2 Å². The van der Waals surface area contributed by atoms with Gasteiger partial charge in [-0.05, 0) is 36.4 Å². The van der Waals surface area contributed by atoms with E-state index in [4.69, 9.17) is 23.2 Å². The summed E-state index contributed by atoms with van der Waals surface area (Å²) in [5.74, 6) is -0.893. The Morgan fingerprint density at radius 1 is 1.04 bits per heavy atom. The molecule has 0 atom stereocenters. The van der Waals surface area contributed by atoms with Crippen LogP contribution < -0.4 is 10.6 Å². The monoisotopic (exact) mass is 471 g/mol. The Morgan fingerprint density at radius 3 is 2.26 bits per heavy atom. The number of benzene rings is 2. The van der Waals surface area contributed by atoms with Crippen LogP contribution >= 0.6 is 39.1 Å². The van der Waals surface area contributed by atoms with Gasteiger partial charge in [-0.15, -0.1) is 0 Å². The van der Waals surface area contributed by atoms with Crippen LogP contribution in [-0.4, -0.2) is 14.9 Å². The highest BCUT2D eigenvalue weighted by Crippen LogP contribution is 2.36. The zero-order chi connectivity index (χ0) is 19.6. The predicted molar refractivity (Wildman–Crippen MR) is 106 cm³/mol. The maximum Gasteiger partial charge on any atom is 0.353 e. The topological polar surface area (TPSA) is 93.0 Å². The lowest BCUT2D eigenvalue weighted by Crippen LogP contribution is -2.06. The Hall–Kier alpha value is -2.49. The van der Waals surface area contributed by atoms with E-state index >= 15 is 0 Å². The van der Waals surface area contributed by atoms with Crippen molar-refractivity contribution >= 4 is 67.8 Å². The van der Waals surface area contributed by atoms with Gasteiger partial charge in [0.25, 0.3) is 0 Å². The van der Waals surface area contributed by atoms with Gasteiger partial charge in [0.15, 0.2) is 0 Å². The van der Waals surface area contributed by atoms with Crippen molar-refractivity contribution in [1.82, 2.24) is 9.97 Å². The molecule has 0 unspecified atom stereocenters. The van der Waals surface area contributed by atoms with Crippen LogP contribution in [-0.2, 0) is 0 Å². The molecule has 7 nitrogen and oxygen atoms in total. The Labute approximate surface area is 170 Å². The van der Waals surface area contributed by atoms with Gasteiger partial charge in [0.2, 0.25) is 11.6 Å². The molecule has 0 aliphatic carbocycles. The number of anilines is 4. The number of rotatable bonds is 5. The van der Waals surface area contributed by atoms with Crippen molar-refractivity contribution in [3.8, 4) is 0 Å². The molecule has 3 aromatic rings. The van der Waals surface area contributed by atoms with Gasteiger partial charge in [-0.2, -0.15) is 0 Å². The molecule has 2 aromatic carbocycles. The molecule has 0 aliphatic heterocycles. The van der Waals surface area contributed by atoms with Gasteiger partial charge in [-0.3, -0.25) is 10.1 Å². The third kappa shape index (κ3) is 4.44. The molecule has 0 radical (unpaired) electrons. The SMILES string of the molecule is O=[N+]([O-])c1c(Nc2ccc(Br)cc2F)ncnc1Nc1ccc(Cl)cc1Cl. The lowest BCUT2D eigenvalue weighted by atomic mass is 10.3. The largest absolute Gasteiger partial charge is 0.353 e. The average molecular weight is 473 g/mol. The third-order valence-corrected chi connectivity index (χ3v) is 4.41. The number of aromatic nitrogens is 2. The molecule has 0 amide bonds. The van der Waals surface area contributed by atoms with E-state index in [9.17, 15) is 14.5 Å². The molecular weight excluding hydrogens is 464 g/mol. The van der Waals surface area contributed by atoms with Crippen LogP contribution in [0, 0.1) is 15.9 Å². The Kier molecular flexibility index (Phi) is 5.73. The molecule has 2 N–H and O–H groups in total.